The Hall–Kier alpha value is -6.33. The summed E-state index contributed by atoms with van der Waals surface area (Å²) < 4.78 is 60.0. The fourth-order valence-electron chi connectivity index (χ4n) is 2.72. The minimum absolute atomic E-state index is 0. The van der Waals surface area contributed by atoms with Gasteiger partial charge in [-0.2, -0.15) is 19.4 Å². The van der Waals surface area contributed by atoms with Gasteiger partial charge in [0.2, 0.25) is 5.95 Å². The van der Waals surface area contributed by atoms with Crippen LogP contribution in [0.1, 0.15) is 32.6 Å². The van der Waals surface area contributed by atoms with Crippen LogP contribution in [0.15, 0.2) is 72.8 Å². The van der Waals surface area contributed by atoms with Gasteiger partial charge in [-0.3, -0.25) is 0 Å². The zero-order valence-electron chi connectivity index (χ0n) is 25.7. The van der Waals surface area contributed by atoms with Crippen molar-refractivity contribution in [2.75, 3.05) is 24.4 Å². The van der Waals surface area contributed by atoms with Crippen molar-refractivity contribution in [1.82, 2.24) is 24.7 Å². The standard InChI is InChI=1S/C11H11FN4O2.C7H9NO2.C5H3F2N.C5H6FN3.H2N2.H2O.H2/c1-2-18-11(17)7-6-15-16(9(7)13)10-8(12)4-3-5-14-10;1-3-6(5-8)7(9)10-4-2;6-4-2-1-3-8-5(4)7;6-4-2-1-3-8-5(4)9-7;1-2;;/h3-6H,2,13H2,1H3;3H,4H2,1-2H3;1-3H;1-3H,7H2,(H,8,9);1-2H;1H2;1H/b;6-3+;;;;;. The van der Waals surface area contributed by atoms with Crippen LogP contribution in [0.2, 0.25) is 0 Å². The van der Waals surface area contributed by atoms with Gasteiger partial charge in [0.1, 0.15) is 23.0 Å². The van der Waals surface area contributed by atoms with Gasteiger partial charge < -0.3 is 26.1 Å². The Labute approximate surface area is 273 Å². The number of rotatable bonds is 6. The van der Waals surface area contributed by atoms with Crippen LogP contribution in [0.3, 0.4) is 0 Å². The van der Waals surface area contributed by atoms with Gasteiger partial charge in [0.25, 0.3) is 0 Å². The van der Waals surface area contributed by atoms with Crippen molar-refractivity contribution in [3.63, 3.8) is 0 Å². The number of allylic oxidation sites excluding steroid dienone is 1. The Morgan fingerprint density at radius 3 is 1.94 bits per heavy atom. The maximum Gasteiger partial charge on any atom is 0.348 e. The normalized spacial score (nSPS) is 9.35. The molecule has 48 heavy (non-hydrogen) atoms. The maximum absolute atomic E-state index is 13.5. The molecule has 20 heteroatoms. The van der Waals surface area contributed by atoms with Gasteiger partial charge in [0.05, 0.1) is 19.4 Å². The van der Waals surface area contributed by atoms with E-state index in [0.717, 1.165) is 10.7 Å². The first-order chi connectivity index (χ1) is 22.6. The largest absolute Gasteiger partial charge is 0.462 e. The predicted molar refractivity (Wildman–Crippen MR) is 165 cm³/mol. The van der Waals surface area contributed by atoms with Crippen molar-refractivity contribution >= 4 is 23.6 Å². The van der Waals surface area contributed by atoms with E-state index in [4.69, 9.17) is 32.6 Å². The number of ether oxygens (including phenoxy) is 2. The van der Waals surface area contributed by atoms with Crippen LogP contribution in [0.25, 0.3) is 5.82 Å². The van der Waals surface area contributed by atoms with Gasteiger partial charge in [-0.05, 0) is 57.2 Å². The molecule has 4 heterocycles. The molecule has 0 fully saturated rings. The van der Waals surface area contributed by atoms with Crippen molar-refractivity contribution in [1.29, 1.82) is 16.3 Å². The lowest BCUT2D eigenvalue weighted by atomic mass is 10.3. The Morgan fingerprint density at radius 2 is 1.52 bits per heavy atom. The fraction of sp³-hybridized carbons (Fsp3) is 0.179. The molecule has 0 aliphatic carbocycles. The van der Waals surface area contributed by atoms with Crippen molar-refractivity contribution in [3.8, 4) is 11.9 Å². The first-order valence-electron chi connectivity index (χ1n) is 13.0. The number of hydrazine groups is 1. The average molecular weight is 682 g/mol. The molecule has 0 aromatic carbocycles. The topological polar surface area (TPSA) is 276 Å². The molecular formula is C28H35F4N11O5. The third-order valence-corrected chi connectivity index (χ3v) is 4.75. The van der Waals surface area contributed by atoms with E-state index in [1.54, 1.807) is 26.8 Å². The molecule has 0 saturated heterocycles. The number of aromatic nitrogens is 5. The molecule has 9 N–H and O–H groups in total. The van der Waals surface area contributed by atoms with Crippen molar-refractivity contribution in [3.05, 3.63) is 102 Å². The van der Waals surface area contributed by atoms with E-state index in [9.17, 15) is 27.2 Å². The second-order valence-electron chi connectivity index (χ2n) is 7.67. The highest BCUT2D eigenvalue weighted by molar-refractivity contribution is 5.94. The van der Waals surface area contributed by atoms with Crippen molar-refractivity contribution in [2.24, 2.45) is 5.84 Å². The summed E-state index contributed by atoms with van der Waals surface area (Å²) >= 11 is 0. The molecule has 4 aromatic rings. The molecule has 0 aliphatic heterocycles. The molecule has 0 radical (unpaired) electrons. The summed E-state index contributed by atoms with van der Waals surface area (Å²) in [4.78, 5) is 32.7. The van der Waals surface area contributed by atoms with Crippen LogP contribution < -0.4 is 17.0 Å². The Balaban J connectivity index is -0.000000591. The number of halogens is 4. The summed E-state index contributed by atoms with van der Waals surface area (Å²) in [7, 11) is 0. The molecule has 0 atom stereocenters. The molecule has 260 valence electrons. The quantitative estimate of drug-likeness (QED) is 0.0281. The van der Waals surface area contributed by atoms with Crippen LogP contribution in [-0.2, 0) is 14.3 Å². The summed E-state index contributed by atoms with van der Waals surface area (Å²) in [6.45, 7) is 5.52. The number of nitrogens with one attached hydrogen (secondary N) is 3. The van der Waals surface area contributed by atoms with E-state index < -0.39 is 35.3 Å². The van der Waals surface area contributed by atoms with E-state index in [1.807, 2.05) is 0 Å². The third kappa shape index (κ3) is 14.6. The number of hydrogen-bond acceptors (Lipinski definition) is 14. The number of carbonyl (C=O) groups excluding carboxylic acids is 2. The number of nitrogens with two attached hydrogens (primary N) is 2. The second-order valence-corrected chi connectivity index (χ2v) is 7.67. The highest BCUT2D eigenvalue weighted by Crippen LogP contribution is 2.18. The number of nitriles is 1. The Bertz CT molecular complexity index is 1620. The molecule has 4 aromatic heterocycles. The Morgan fingerprint density at radius 1 is 0.979 bits per heavy atom. The van der Waals surface area contributed by atoms with E-state index in [0.29, 0.717) is 6.61 Å². The number of hydrogen-bond donors (Lipinski definition) is 5. The lowest BCUT2D eigenvalue weighted by Gasteiger charge is -2.04. The molecule has 0 aliphatic rings. The monoisotopic (exact) mass is 681 g/mol. The van der Waals surface area contributed by atoms with Gasteiger partial charge >= 0.3 is 11.9 Å². The Kier molecular flexibility index (Phi) is 22.7. The van der Waals surface area contributed by atoms with E-state index in [1.165, 1.54) is 61.2 Å². The van der Waals surface area contributed by atoms with Crippen LogP contribution in [0.5, 0.6) is 0 Å². The number of nitrogens with zero attached hydrogens (tertiary/aromatic N) is 6. The SMILES string of the molecule is C/C=C(\C#N)C(=O)OCC.CCOC(=O)c1cnn(-c2ncccc2F)c1N.Fc1cccnc1F.N=N.NNc1ncccc1F.O.[HH]. The molecule has 0 spiro atoms. The summed E-state index contributed by atoms with van der Waals surface area (Å²) in [6, 6.07) is 9.53. The zero-order chi connectivity index (χ0) is 35.8. The predicted octanol–water partition coefficient (Wildman–Crippen LogP) is 4.07. The van der Waals surface area contributed by atoms with Crippen molar-refractivity contribution in [2.45, 2.75) is 20.8 Å². The summed E-state index contributed by atoms with van der Waals surface area (Å²) in [5.41, 5.74) is 18.0. The number of anilines is 2. The molecular weight excluding hydrogens is 646 g/mol. The highest BCUT2D eigenvalue weighted by Gasteiger charge is 2.19. The van der Waals surface area contributed by atoms with Gasteiger partial charge in [-0.1, -0.05) is 6.08 Å². The van der Waals surface area contributed by atoms with E-state index in [-0.39, 0.29) is 42.1 Å². The van der Waals surface area contributed by atoms with Gasteiger partial charge in [-0.15, -0.1) is 0 Å². The van der Waals surface area contributed by atoms with Crippen molar-refractivity contribution < 1.29 is 43.5 Å². The molecule has 0 amide bonds. The third-order valence-electron chi connectivity index (χ3n) is 4.75. The lowest BCUT2D eigenvalue weighted by Crippen LogP contribution is -2.10. The smallest absolute Gasteiger partial charge is 0.348 e. The summed E-state index contributed by atoms with van der Waals surface area (Å²) in [5.74, 6) is 0.761. The first kappa shape index (κ1) is 43.8. The lowest BCUT2D eigenvalue weighted by molar-refractivity contribution is -0.138. The number of carbonyl (C=O) groups is 2. The number of pyridine rings is 3. The van der Waals surface area contributed by atoms with Gasteiger partial charge in [0, 0.05) is 20.0 Å². The first-order valence-corrected chi connectivity index (χ1v) is 13.0. The maximum atomic E-state index is 13.5. The van der Waals surface area contributed by atoms with Gasteiger partial charge in [0.15, 0.2) is 29.1 Å². The van der Waals surface area contributed by atoms with E-state index in [2.05, 4.69) is 30.2 Å². The molecule has 0 saturated carbocycles. The summed E-state index contributed by atoms with van der Waals surface area (Å²) in [6.07, 6.45) is 6.71. The minimum atomic E-state index is -1.05. The number of esters is 2. The van der Waals surface area contributed by atoms with E-state index >= 15 is 0 Å². The van der Waals surface area contributed by atoms with Gasteiger partial charge in [-0.25, -0.2) is 54.6 Å². The summed E-state index contributed by atoms with van der Waals surface area (Å²) in [5, 5.41) is 12.1. The molecule has 4 rings (SSSR count). The molecule has 0 unspecified atom stereocenters. The molecule has 0 bridgehead atoms. The highest BCUT2D eigenvalue weighted by atomic mass is 19.2. The van der Waals surface area contributed by atoms with Crippen LogP contribution in [0.4, 0.5) is 29.2 Å². The number of nitrogen functional groups attached to an aromatic ring is 2. The molecule has 16 nitrogen and oxygen atoms in total. The van der Waals surface area contributed by atoms with Crippen LogP contribution in [-0.4, -0.2) is 55.4 Å². The minimum Gasteiger partial charge on any atom is -0.462 e. The van der Waals surface area contributed by atoms with Crippen LogP contribution in [0, 0.1) is 45.8 Å². The fourth-order valence-corrected chi connectivity index (χ4v) is 2.72. The second kappa shape index (κ2) is 24.9. The zero-order valence-corrected chi connectivity index (χ0v) is 25.7. The average Bonchev–Trinajstić information content (AvgIpc) is 3.46. The van der Waals surface area contributed by atoms with Crippen LogP contribution >= 0.6 is 0 Å².